The first kappa shape index (κ1) is 16.1. The summed E-state index contributed by atoms with van der Waals surface area (Å²) in [5, 5.41) is 0. The molecule has 1 fully saturated rings. The number of hydrogen-bond donors (Lipinski definition) is 0. The Morgan fingerprint density at radius 3 is 2.92 bits per heavy atom. The molecule has 0 saturated heterocycles. The lowest BCUT2D eigenvalue weighted by Crippen LogP contribution is -2.40. The van der Waals surface area contributed by atoms with Crippen LogP contribution in [0.1, 0.15) is 55.2 Å². The largest absolute Gasteiger partial charge is 0.497 e. The number of hydrogen-bond acceptors (Lipinski definition) is 2. The summed E-state index contributed by atoms with van der Waals surface area (Å²) < 4.78 is 5.45. The first-order chi connectivity index (χ1) is 12.7. The molecule has 1 heterocycles. The molecular formula is C24H27NO. The quantitative estimate of drug-likeness (QED) is 0.703. The van der Waals surface area contributed by atoms with Gasteiger partial charge in [0, 0.05) is 12.4 Å². The zero-order valence-electron chi connectivity index (χ0n) is 15.7. The highest BCUT2D eigenvalue weighted by Crippen LogP contribution is 2.63. The maximum atomic E-state index is 5.45. The summed E-state index contributed by atoms with van der Waals surface area (Å²) in [5.74, 6) is 3.31. The van der Waals surface area contributed by atoms with Crippen molar-refractivity contribution in [1.82, 2.24) is 4.98 Å². The van der Waals surface area contributed by atoms with Crippen LogP contribution in [0.4, 0.5) is 0 Å². The van der Waals surface area contributed by atoms with E-state index < -0.39 is 0 Å². The van der Waals surface area contributed by atoms with Crippen LogP contribution in [0, 0.1) is 17.3 Å². The monoisotopic (exact) mass is 345 g/mol. The van der Waals surface area contributed by atoms with E-state index in [1.165, 1.54) is 43.2 Å². The van der Waals surface area contributed by atoms with Gasteiger partial charge in [0.25, 0.3) is 0 Å². The van der Waals surface area contributed by atoms with Crippen molar-refractivity contribution >= 4 is 5.57 Å². The van der Waals surface area contributed by atoms with Gasteiger partial charge < -0.3 is 4.74 Å². The topological polar surface area (TPSA) is 22.1 Å². The molecule has 2 nitrogen and oxygen atoms in total. The summed E-state index contributed by atoms with van der Waals surface area (Å²) in [7, 11) is 1.77. The second kappa shape index (κ2) is 5.97. The van der Waals surface area contributed by atoms with Crippen molar-refractivity contribution < 1.29 is 4.74 Å². The molecule has 2 aromatic rings. The molecule has 0 radical (unpaired) electrons. The predicted octanol–water partition coefficient (Wildman–Crippen LogP) is 5.64. The number of aryl methyl sites for hydroxylation is 1. The molecule has 1 aromatic heterocycles. The fourth-order valence-electron chi connectivity index (χ4n) is 6.22. The lowest BCUT2D eigenvalue weighted by Gasteiger charge is -2.50. The molecular weight excluding hydrogens is 318 g/mol. The van der Waals surface area contributed by atoms with E-state index in [0.717, 1.165) is 23.5 Å². The van der Waals surface area contributed by atoms with Crippen LogP contribution in [-0.2, 0) is 6.42 Å². The number of benzene rings is 1. The van der Waals surface area contributed by atoms with Gasteiger partial charge in [0.2, 0.25) is 0 Å². The second-order valence-corrected chi connectivity index (χ2v) is 8.53. The van der Waals surface area contributed by atoms with Crippen molar-refractivity contribution in [2.75, 3.05) is 7.11 Å². The highest BCUT2D eigenvalue weighted by molar-refractivity contribution is 5.72. The van der Waals surface area contributed by atoms with E-state index >= 15 is 0 Å². The molecule has 5 rings (SSSR count). The van der Waals surface area contributed by atoms with Crippen molar-refractivity contribution in [3.8, 4) is 5.75 Å². The van der Waals surface area contributed by atoms with E-state index in [0.29, 0.717) is 5.41 Å². The van der Waals surface area contributed by atoms with Gasteiger partial charge >= 0.3 is 0 Å². The highest BCUT2D eigenvalue weighted by Gasteiger charge is 2.51. The van der Waals surface area contributed by atoms with Crippen molar-refractivity contribution in [3.05, 3.63) is 65.5 Å². The fourth-order valence-corrected chi connectivity index (χ4v) is 6.22. The molecule has 0 bridgehead atoms. The molecule has 1 aromatic carbocycles. The normalized spacial score (nSPS) is 32.2. The van der Waals surface area contributed by atoms with Crippen LogP contribution in [0.25, 0.3) is 5.57 Å². The lowest BCUT2D eigenvalue weighted by molar-refractivity contribution is 0.0885. The van der Waals surface area contributed by atoms with Gasteiger partial charge in [-0.3, -0.25) is 4.98 Å². The third kappa shape index (κ3) is 2.27. The maximum Gasteiger partial charge on any atom is 0.119 e. The van der Waals surface area contributed by atoms with Crippen molar-refractivity contribution in [1.29, 1.82) is 0 Å². The number of pyridine rings is 1. The molecule has 2 heteroatoms. The molecule has 0 aliphatic heterocycles. The Bertz CT molecular complexity index is 856. The van der Waals surface area contributed by atoms with E-state index in [1.807, 2.05) is 12.4 Å². The van der Waals surface area contributed by atoms with Gasteiger partial charge in [-0.2, -0.15) is 0 Å². The van der Waals surface area contributed by atoms with E-state index in [4.69, 9.17) is 4.74 Å². The molecule has 1 saturated carbocycles. The average molecular weight is 345 g/mol. The van der Waals surface area contributed by atoms with Gasteiger partial charge in [0.1, 0.15) is 5.75 Å². The molecule has 0 spiro atoms. The van der Waals surface area contributed by atoms with Crippen molar-refractivity contribution in [3.63, 3.8) is 0 Å². The van der Waals surface area contributed by atoms with E-state index in [-0.39, 0.29) is 0 Å². The minimum absolute atomic E-state index is 0.314. The number of allylic oxidation sites excluding steroid dienone is 2. The summed E-state index contributed by atoms with van der Waals surface area (Å²) in [6.45, 7) is 2.52. The summed E-state index contributed by atoms with van der Waals surface area (Å²) in [6.07, 6.45) is 12.8. The molecule has 4 atom stereocenters. The average Bonchev–Trinajstić information content (AvgIpc) is 3.05. The van der Waals surface area contributed by atoms with E-state index in [2.05, 4.69) is 48.3 Å². The second-order valence-electron chi connectivity index (χ2n) is 8.53. The Hall–Kier alpha value is -2.09. The minimum Gasteiger partial charge on any atom is -0.497 e. The lowest BCUT2D eigenvalue weighted by atomic mass is 9.54. The van der Waals surface area contributed by atoms with Crippen LogP contribution in [0.5, 0.6) is 5.75 Å². The molecule has 134 valence electrons. The first-order valence-electron chi connectivity index (χ1n) is 9.98. The zero-order valence-corrected chi connectivity index (χ0v) is 15.7. The Morgan fingerprint density at radius 1 is 1.19 bits per heavy atom. The Balaban J connectivity index is 1.47. The number of nitrogens with zero attached hydrogens (tertiary/aromatic N) is 1. The molecule has 26 heavy (non-hydrogen) atoms. The van der Waals surface area contributed by atoms with Gasteiger partial charge in [0.15, 0.2) is 0 Å². The van der Waals surface area contributed by atoms with Crippen LogP contribution >= 0.6 is 0 Å². The highest BCUT2D eigenvalue weighted by atomic mass is 16.5. The summed E-state index contributed by atoms with van der Waals surface area (Å²) >= 11 is 0. The van der Waals surface area contributed by atoms with Crippen LogP contribution in [0.2, 0.25) is 0 Å². The van der Waals surface area contributed by atoms with Gasteiger partial charge in [-0.25, -0.2) is 0 Å². The number of fused-ring (bicyclic) bond motifs is 5. The molecule has 3 aliphatic rings. The molecule has 4 unspecified atom stereocenters. The Morgan fingerprint density at radius 2 is 2.12 bits per heavy atom. The van der Waals surface area contributed by atoms with E-state index in [9.17, 15) is 0 Å². The van der Waals surface area contributed by atoms with Crippen molar-refractivity contribution in [2.45, 2.75) is 44.9 Å². The molecule has 0 N–H and O–H groups in total. The van der Waals surface area contributed by atoms with Crippen LogP contribution in [-0.4, -0.2) is 12.1 Å². The Labute approximate surface area is 156 Å². The third-order valence-electron chi connectivity index (χ3n) is 7.49. The van der Waals surface area contributed by atoms with Gasteiger partial charge in [-0.1, -0.05) is 25.1 Å². The number of aromatic nitrogens is 1. The SMILES string of the molecule is COc1ccc2c(c1)CCC1C2CCC2(C)C(c3cccnc3)=CCC12. The molecule has 0 amide bonds. The summed E-state index contributed by atoms with van der Waals surface area (Å²) in [4.78, 5) is 4.37. The van der Waals surface area contributed by atoms with Gasteiger partial charge in [-0.15, -0.1) is 0 Å². The summed E-state index contributed by atoms with van der Waals surface area (Å²) in [5.41, 5.74) is 6.31. The van der Waals surface area contributed by atoms with Gasteiger partial charge in [-0.05, 0) is 95.7 Å². The fraction of sp³-hybridized carbons (Fsp3) is 0.458. The summed E-state index contributed by atoms with van der Waals surface area (Å²) in [6, 6.07) is 11.1. The number of ether oxygens (including phenoxy) is 1. The standard InChI is InChI=1S/C24H27NO/c1-24-12-11-20-19-8-6-18(26-2)14-16(19)5-7-21(20)23(24)10-9-22(24)17-4-3-13-25-15-17/h3-4,6,8-9,13-15,20-21,23H,5,7,10-12H2,1-2H3. The Kier molecular flexibility index (Phi) is 3.70. The number of rotatable bonds is 2. The van der Waals surface area contributed by atoms with E-state index in [1.54, 1.807) is 18.2 Å². The van der Waals surface area contributed by atoms with Crippen molar-refractivity contribution in [2.24, 2.45) is 17.3 Å². The smallest absolute Gasteiger partial charge is 0.119 e. The molecule has 3 aliphatic carbocycles. The predicted molar refractivity (Wildman–Crippen MR) is 105 cm³/mol. The third-order valence-corrected chi connectivity index (χ3v) is 7.49. The first-order valence-corrected chi connectivity index (χ1v) is 9.98. The number of methoxy groups -OCH3 is 1. The maximum absolute atomic E-state index is 5.45. The van der Waals surface area contributed by atoms with Crippen LogP contribution in [0.15, 0.2) is 48.8 Å². The van der Waals surface area contributed by atoms with Crippen LogP contribution in [0.3, 0.4) is 0 Å². The van der Waals surface area contributed by atoms with Gasteiger partial charge in [0.05, 0.1) is 7.11 Å². The zero-order chi connectivity index (χ0) is 17.7. The minimum atomic E-state index is 0.314. The van der Waals surface area contributed by atoms with Crippen LogP contribution < -0.4 is 4.74 Å².